The molecule has 0 spiro atoms. The van der Waals surface area contributed by atoms with Gasteiger partial charge in [0.05, 0.1) is 6.61 Å². The highest BCUT2D eigenvalue weighted by atomic mass is 32.1. The van der Waals surface area contributed by atoms with Crippen LogP contribution in [0, 0.1) is 0 Å². The summed E-state index contributed by atoms with van der Waals surface area (Å²) < 4.78 is 5.38. The number of nitrogens with one attached hydrogen (secondary N) is 1. The minimum atomic E-state index is 0.688. The fourth-order valence-corrected chi connectivity index (χ4v) is 3.49. The Kier molecular flexibility index (Phi) is 3.97. The van der Waals surface area contributed by atoms with E-state index in [1.54, 1.807) is 18.4 Å². The lowest BCUT2D eigenvalue weighted by Crippen LogP contribution is -2.16. The Bertz CT molecular complexity index is 548. The van der Waals surface area contributed by atoms with Crippen LogP contribution in [0.2, 0.25) is 0 Å². The highest BCUT2D eigenvalue weighted by Crippen LogP contribution is 2.32. The summed E-state index contributed by atoms with van der Waals surface area (Å²) >= 11 is 1.80. The maximum atomic E-state index is 5.38. The van der Waals surface area contributed by atoms with Gasteiger partial charge in [0.25, 0.3) is 0 Å². The van der Waals surface area contributed by atoms with Crippen molar-refractivity contribution < 1.29 is 4.74 Å². The first-order valence-electron chi connectivity index (χ1n) is 6.76. The molecule has 1 aromatic carbocycles. The van der Waals surface area contributed by atoms with E-state index in [9.17, 15) is 0 Å². The number of rotatable bonds is 3. The second-order valence-electron chi connectivity index (χ2n) is 4.94. The van der Waals surface area contributed by atoms with Gasteiger partial charge in [-0.2, -0.15) is 0 Å². The molecular formula is C16H19NOS. The molecule has 1 N–H and O–H groups in total. The molecule has 100 valence electrons. The summed E-state index contributed by atoms with van der Waals surface area (Å²) in [4.78, 5) is 1.34. The van der Waals surface area contributed by atoms with Gasteiger partial charge in [-0.25, -0.2) is 0 Å². The van der Waals surface area contributed by atoms with E-state index in [-0.39, 0.29) is 0 Å². The van der Waals surface area contributed by atoms with Gasteiger partial charge in [-0.05, 0) is 65.7 Å². The molecule has 0 radical (unpaired) electrons. The minimum Gasteiger partial charge on any atom is -0.380 e. The third kappa shape index (κ3) is 2.73. The van der Waals surface area contributed by atoms with Gasteiger partial charge in [0, 0.05) is 12.0 Å². The summed E-state index contributed by atoms with van der Waals surface area (Å²) in [5, 5.41) is 5.61. The predicted molar refractivity (Wildman–Crippen MR) is 80.7 cm³/mol. The molecule has 3 rings (SSSR count). The number of methoxy groups -OCH3 is 1. The van der Waals surface area contributed by atoms with Crippen LogP contribution in [0.3, 0.4) is 0 Å². The molecule has 1 aromatic heterocycles. The molecule has 3 heteroatoms. The van der Waals surface area contributed by atoms with E-state index in [1.807, 2.05) is 0 Å². The largest absolute Gasteiger partial charge is 0.380 e. The highest BCUT2D eigenvalue weighted by molar-refractivity contribution is 7.13. The molecule has 2 aromatic rings. The Morgan fingerprint density at radius 2 is 2.00 bits per heavy atom. The Morgan fingerprint density at radius 1 is 1.21 bits per heavy atom. The summed E-state index contributed by atoms with van der Waals surface area (Å²) in [6.45, 7) is 2.85. The quantitative estimate of drug-likeness (QED) is 0.927. The average Bonchev–Trinajstić information content (AvgIpc) is 2.85. The fraction of sp³-hybridized carbons (Fsp3) is 0.375. The zero-order chi connectivity index (χ0) is 13.1. The number of fused-ring (bicyclic) bond motifs is 1. The van der Waals surface area contributed by atoms with Gasteiger partial charge in [-0.3, -0.25) is 0 Å². The first-order chi connectivity index (χ1) is 9.38. The lowest BCUT2D eigenvalue weighted by atomic mass is 9.95. The van der Waals surface area contributed by atoms with Crippen molar-refractivity contribution in [3.63, 3.8) is 0 Å². The third-order valence-electron chi connectivity index (χ3n) is 3.65. The van der Waals surface area contributed by atoms with Crippen molar-refractivity contribution in [1.82, 2.24) is 5.32 Å². The van der Waals surface area contributed by atoms with Gasteiger partial charge < -0.3 is 10.1 Å². The van der Waals surface area contributed by atoms with E-state index in [0.717, 1.165) is 25.9 Å². The number of ether oxygens (including phenoxy) is 1. The van der Waals surface area contributed by atoms with Crippen molar-refractivity contribution in [3.05, 3.63) is 46.3 Å². The lowest BCUT2D eigenvalue weighted by Gasteiger charge is -2.13. The normalized spacial score (nSPS) is 15.0. The van der Waals surface area contributed by atoms with E-state index in [0.29, 0.717) is 6.61 Å². The molecule has 0 unspecified atom stereocenters. The van der Waals surface area contributed by atoms with Crippen molar-refractivity contribution in [3.8, 4) is 10.4 Å². The van der Waals surface area contributed by atoms with Crippen LogP contribution in [0.25, 0.3) is 10.4 Å². The Labute approximate surface area is 118 Å². The van der Waals surface area contributed by atoms with Crippen molar-refractivity contribution in [1.29, 1.82) is 0 Å². The third-order valence-corrected chi connectivity index (χ3v) is 4.56. The Hall–Kier alpha value is -1.16. The summed E-state index contributed by atoms with van der Waals surface area (Å²) in [6.07, 6.45) is 2.25. The molecule has 0 fully saturated rings. The van der Waals surface area contributed by atoms with Gasteiger partial charge >= 0.3 is 0 Å². The van der Waals surface area contributed by atoms with Crippen LogP contribution in [-0.4, -0.2) is 20.2 Å². The number of thiophene rings is 1. The molecule has 2 heterocycles. The first kappa shape index (κ1) is 12.9. The SMILES string of the molecule is COCc1cc2c(cc1-c1cccs1)CCNCC2. The van der Waals surface area contributed by atoms with Crippen LogP contribution < -0.4 is 5.32 Å². The summed E-state index contributed by atoms with van der Waals surface area (Å²) in [6, 6.07) is 9.04. The maximum Gasteiger partial charge on any atom is 0.0719 e. The standard InChI is InChI=1S/C16H19NOS/c1-18-11-14-9-12-4-6-17-7-5-13(12)10-15(14)16-3-2-8-19-16/h2-3,8-10,17H,4-7,11H2,1H3. The van der Waals surface area contributed by atoms with Crippen molar-refractivity contribution in [2.75, 3.05) is 20.2 Å². The van der Waals surface area contributed by atoms with Gasteiger partial charge in [0.1, 0.15) is 0 Å². The number of hydrogen-bond donors (Lipinski definition) is 1. The Balaban J connectivity index is 2.08. The molecule has 0 aliphatic carbocycles. The number of hydrogen-bond acceptors (Lipinski definition) is 3. The van der Waals surface area contributed by atoms with E-state index in [2.05, 4.69) is 35.0 Å². The van der Waals surface area contributed by atoms with Crippen LogP contribution in [-0.2, 0) is 24.2 Å². The second-order valence-corrected chi connectivity index (χ2v) is 5.89. The topological polar surface area (TPSA) is 21.3 Å². The van der Waals surface area contributed by atoms with Crippen molar-refractivity contribution in [2.45, 2.75) is 19.4 Å². The molecule has 0 bridgehead atoms. The second kappa shape index (κ2) is 5.87. The monoisotopic (exact) mass is 273 g/mol. The maximum absolute atomic E-state index is 5.38. The zero-order valence-electron chi connectivity index (χ0n) is 11.2. The van der Waals surface area contributed by atoms with Crippen LogP contribution in [0.4, 0.5) is 0 Å². The summed E-state index contributed by atoms with van der Waals surface area (Å²) in [5.74, 6) is 0. The van der Waals surface area contributed by atoms with Crippen LogP contribution in [0.1, 0.15) is 16.7 Å². The van der Waals surface area contributed by atoms with Crippen LogP contribution in [0.15, 0.2) is 29.6 Å². The van der Waals surface area contributed by atoms with Crippen molar-refractivity contribution >= 4 is 11.3 Å². The summed E-state index contributed by atoms with van der Waals surface area (Å²) in [7, 11) is 1.77. The van der Waals surface area contributed by atoms with Gasteiger partial charge in [-0.15, -0.1) is 11.3 Å². The average molecular weight is 273 g/mol. The van der Waals surface area contributed by atoms with E-state index < -0.39 is 0 Å². The lowest BCUT2D eigenvalue weighted by molar-refractivity contribution is 0.185. The number of benzene rings is 1. The fourth-order valence-electron chi connectivity index (χ4n) is 2.71. The minimum absolute atomic E-state index is 0.688. The first-order valence-corrected chi connectivity index (χ1v) is 7.64. The molecule has 1 aliphatic rings. The molecule has 19 heavy (non-hydrogen) atoms. The molecule has 0 amide bonds. The molecule has 2 nitrogen and oxygen atoms in total. The summed E-state index contributed by atoms with van der Waals surface area (Å²) in [5.41, 5.74) is 5.63. The van der Waals surface area contributed by atoms with E-state index >= 15 is 0 Å². The zero-order valence-corrected chi connectivity index (χ0v) is 12.1. The molecule has 1 aliphatic heterocycles. The van der Waals surface area contributed by atoms with Crippen LogP contribution in [0.5, 0.6) is 0 Å². The van der Waals surface area contributed by atoms with Gasteiger partial charge in [0.15, 0.2) is 0 Å². The van der Waals surface area contributed by atoms with E-state index in [1.165, 1.54) is 27.1 Å². The highest BCUT2D eigenvalue weighted by Gasteiger charge is 2.13. The van der Waals surface area contributed by atoms with Gasteiger partial charge in [0.2, 0.25) is 0 Å². The smallest absolute Gasteiger partial charge is 0.0719 e. The van der Waals surface area contributed by atoms with Crippen molar-refractivity contribution in [2.24, 2.45) is 0 Å². The molecule has 0 saturated heterocycles. The molecule has 0 saturated carbocycles. The Morgan fingerprint density at radius 3 is 2.68 bits per heavy atom. The molecular weight excluding hydrogens is 254 g/mol. The van der Waals surface area contributed by atoms with E-state index in [4.69, 9.17) is 4.74 Å². The van der Waals surface area contributed by atoms with Gasteiger partial charge in [-0.1, -0.05) is 12.1 Å². The molecule has 0 atom stereocenters. The predicted octanol–water partition coefficient (Wildman–Crippen LogP) is 3.25. The van der Waals surface area contributed by atoms with Crippen LogP contribution >= 0.6 is 11.3 Å².